The molecular formula is C12H15N5O. The van der Waals surface area contributed by atoms with Crippen molar-refractivity contribution in [1.29, 1.82) is 0 Å². The number of rotatable bonds is 4. The van der Waals surface area contributed by atoms with Crippen LogP contribution in [0.1, 0.15) is 0 Å². The lowest BCUT2D eigenvalue weighted by Crippen LogP contribution is -2.33. The van der Waals surface area contributed by atoms with E-state index in [0.29, 0.717) is 18.8 Å². The lowest BCUT2D eigenvalue weighted by Gasteiger charge is -2.10. The average molecular weight is 245 g/mol. The van der Waals surface area contributed by atoms with E-state index in [0.717, 1.165) is 16.6 Å². The topological polar surface area (TPSA) is 106 Å². The summed E-state index contributed by atoms with van der Waals surface area (Å²) < 4.78 is 0. The number of nitrogens with one attached hydrogen (secondary N) is 2. The Morgan fingerprint density at radius 1 is 1.28 bits per heavy atom. The number of nitrogens with zero attached hydrogens (tertiary/aromatic N) is 1. The van der Waals surface area contributed by atoms with Gasteiger partial charge in [-0.1, -0.05) is 0 Å². The molecule has 6 N–H and O–H groups in total. The van der Waals surface area contributed by atoms with Gasteiger partial charge in [0.2, 0.25) is 0 Å². The van der Waals surface area contributed by atoms with E-state index in [9.17, 15) is 4.79 Å². The predicted octanol–water partition coefficient (Wildman–Crippen LogP) is 0.897. The summed E-state index contributed by atoms with van der Waals surface area (Å²) in [6, 6.07) is 6.97. The third-order valence-electron chi connectivity index (χ3n) is 2.54. The molecule has 0 spiro atoms. The van der Waals surface area contributed by atoms with E-state index in [2.05, 4.69) is 15.6 Å². The number of nitrogens with two attached hydrogens (primary N) is 2. The fourth-order valence-electron chi connectivity index (χ4n) is 1.73. The van der Waals surface area contributed by atoms with E-state index in [1.165, 1.54) is 0 Å². The lowest BCUT2D eigenvalue weighted by molar-refractivity contribution is 0.249. The van der Waals surface area contributed by atoms with Gasteiger partial charge in [0.05, 0.1) is 11.2 Å². The van der Waals surface area contributed by atoms with Crippen LogP contribution in [0, 0.1) is 0 Å². The van der Waals surface area contributed by atoms with Crippen molar-refractivity contribution in [1.82, 2.24) is 10.3 Å². The Labute approximate surface area is 104 Å². The number of urea groups is 1. The van der Waals surface area contributed by atoms with Crippen LogP contribution in [0.4, 0.5) is 16.2 Å². The maximum atomic E-state index is 10.5. The Kier molecular flexibility index (Phi) is 3.47. The van der Waals surface area contributed by atoms with Gasteiger partial charge in [-0.25, -0.2) is 4.79 Å². The zero-order valence-corrected chi connectivity index (χ0v) is 9.81. The summed E-state index contributed by atoms with van der Waals surface area (Å²) in [7, 11) is 0. The van der Waals surface area contributed by atoms with Crippen molar-refractivity contribution in [2.45, 2.75) is 0 Å². The van der Waals surface area contributed by atoms with Crippen LogP contribution in [0.3, 0.4) is 0 Å². The summed E-state index contributed by atoms with van der Waals surface area (Å²) in [6.45, 7) is 1.04. The first kappa shape index (κ1) is 12.0. The van der Waals surface area contributed by atoms with Gasteiger partial charge in [0.15, 0.2) is 0 Å². The Hall–Kier alpha value is -2.50. The second kappa shape index (κ2) is 5.22. The Morgan fingerprint density at radius 3 is 2.89 bits per heavy atom. The molecule has 6 nitrogen and oxygen atoms in total. The molecule has 1 heterocycles. The van der Waals surface area contributed by atoms with Gasteiger partial charge in [0, 0.05) is 30.4 Å². The number of carbonyl (C=O) groups excluding carboxylic acids is 1. The van der Waals surface area contributed by atoms with Crippen molar-refractivity contribution >= 4 is 28.3 Å². The zero-order chi connectivity index (χ0) is 13.0. The van der Waals surface area contributed by atoms with Crippen LogP contribution in [-0.4, -0.2) is 24.1 Å². The third-order valence-corrected chi connectivity index (χ3v) is 2.54. The maximum Gasteiger partial charge on any atom is 0.312 e. The number of aromatic nitrogens is 1. The van der Waals surface area contributed by atoms with Crippen molar-refractivity contribution in [2.24, 2.45) is 5.73 Å². The zero-order valence-electron chi connectivity index (χ0n) is 9.81. The molecule has 2 amide bonds. The first-order valence-corrected chi connectivity index (χ1v) is 5.59. The molecule has 0 unspecified atom stereocenters. The van der Waals surface area contributed by atoms with Gasteiger partial charge in [0.25, 0.3) is 0 Å². The number of fused-ring (bicyclic) bond motifs is 1. The molecule has 0 aliphatic heterocycles. The summed E-state index contributed by atoms with van der Waals surface area (Å²) in [5, 5.41) is 6.67. The molecule has 0 bridgehead atoms. The smallest absolute Gasteiger partial charge is 0.312 e. The number of carbonyl (C=O) groups is 1. The van der Waals surface area contributed by atoms with Gasteiger partial charge < -0.3 is 22.1 Å². The standard InChI is InChI=1S/C12H15N5O/c13-9-3-4-10(15-6-7-17-12(14)18)8-2-1-5-16-11(8)9/h1-5,15H,6-7,13H2,(H3,14,17,18). The monoisotopic (exact) mass is 245 g/mol. The molecule has 0 fully saturated rings. The van der Waals surface area contributed by atoms with E-state index in [1.54, 1.807) is 12.3 Å². The summed E-state index contributed by atoms with van der Waals surface area (Å²) in [4.78, 5) is 14.8. The fourth-order valence-corrected chi connectivity index (χ4v) is 1.73. The number of hydrogen-bond donors (Lipinski definition) is 4. The number of hydrogen-bond acceptors (Lipinski definition) is 4. The molecule has 0 aliphatic carbocycles. The molecule has 1 aromatic carbocycles. The number of anilines is 2. The largest absolute Gasteiger partial charge is 0.397 e. The van der Waals surface area contributed by atoms with E-state index in [4.69, 9.17) is 11.5 Å². The highest BCUT2D eigenvalue weighted by atomic mass is 16.2. The predicted molar refractivity (Wildman–Crippen MR) is 72.2 cm³/mol. The summed E-state index contributed by atoms with van der Waals surface area (Å²) in [5.41, 5.74) is 13.2. The van der Waals surface area contributed by atoms with E-state index in [-0.39, 0.29) is 0 Å². The Balaban J connectivity index is 2.14. The molecule has 0 saturated heterocycles. The molecule has 0 saturated carbocycles. The van der Waals surface area contributed by atoms with Crippen molar-refractivity contribution in [3.63, 3.8) is 0 Å². The summed E-state index contributed by atoms with van der Waals surface area (Å²) in [5.74, 6) is 0. The quantitative estimate of drug-likeness (QED) is 0.474. The lowest BCUT2D eigenvalue weighted by atomic mass is 10.1. The Morgan fingerprint density at radius 2 is 2.11 bits per heavy atom. The van der Waals surface area contributed by atoms with Gasteiger partial charge in [-0.15, -0.1) is 0 Å². The van der Waals surface area contributed by atoms with Crippen LogP contribution in [0.25, 0.3) is 10.9 Å². The van der Waals surface area contributed by atoms with Crippen LogP contribution in [-0.2, 0) is 0 Å². The minimum absolute atomic E-state index is 0.460. The van der Waals surface area contributed by atoms with Crippen LogP contribution in [0.15, 0.2) is 30.5 Å². The molecule has 1 aromatic heterocycles. The number of amides is 2. The molecule has 18 heavy (non-hydrogen) atoms. The highest BCUT2D eigenvalue weighted by molar-refractivity contribution is 5.98. The first-order valence-electron chi connectivity index (χ1n) is 5.59. The minimum Gasteiger partial charge on any atom is -0.397 e. The van der Waals surface area contributed by atoms with Crippen LogP contribution in [0.2, 0.25) is 0 Å². The van der Waals surface area contributed by atoms with E-state index < -0.39 is 6.03 Å². The van der Waals surface area contributed by atoms with Crippen LogP contribution < -0.4 is 22.1 Å². The van der Waals surface area contributed by atoms with Crippen LogP contribution >= 0.6 is 0 Å². The van der Waals surface area contributed by atoms with E-state index >= 15 is 0 Å². The molecule has 0 radical (unpaired) electrons. The summed E-state index contributed by atoms with van der Waals surface area (Å²) >= 11 is 0. The molecule has 0 aliphatic rings. The minimum atomic E-state index is -0.527. The molecular weight excluding hydrogens is 230 g/mol. The van der Waals surface area contributed by atoms with Crippen molar-refractivity contribution in [3.8, 4) is 0 Å². The van der Waals surface area contributed by atoms with Crippen LogP contribution in [0.5, 0.6) is 0 Å². The third kappa shape index (κ3) is 2.60. The fraction of sp³-hybridized carbons (Fsp3) is 0.167. The number of pyridine rings is 1. The molecule has 0 atom stereocenters. The number of nitrogen functional groups attached to an aromatic ring is 1. The van der Waals surface area contributed by atoms with Crippen molar-refractivity contribution in [3.05, 3.63) is 30.5 Å². The van der Waals surface area contributed by atoms with Crippen molar-refractivity contribution in [2.75, 3.05) is 24.1 Å². The van der Waals surface area contributed by atoms with Gasteiger partial charge in [-0.3, -0.25) is 4.98 Å². The summed E-state index contributed by atoms with van der Waals surface area (Å²) in [6.07, 6.45) is 1.71. The van der Waals surface area contributed by atoms with Gasteiger partial charge in [-0.2, -0.15) is 0 Å². The SMILES string of the molecule is NC(=O)NCCNc1ccc(N)c2ncccc12. The normalized spacial score (nSPS) is 10.2. The van der Waals surface area contributed by atoms with Crippen molar-refractivity contribution < 1.29 is 4.79 Å². The molecule has 94 valence electrons. The van der Waals surface area contributed by atoms with E-state index in [1.807, 2.05) is 18.2 Å². The second-order valence-corrected chi connectivity index (χ2v) is 3.82. The number of benzene rings is 1. The van der Waals surface area contributed by atoms with Gasteiger partial charge in [-0.05, 0) is 24.3 Å². The van der Waals surface area contributed by atoms with Gasteiger partial charge in [0.1, 0.15) is 0 Å². The highest BCUT2D eigenvalue weighted by Gasteiger charge is 2.03. The average Bonchev–Trinajstić information content (AvgIpc) is 2.37. The van der Waals surface area contributed by atoms with Gasteiger partial charge >= 0.3 is 6.03 Å². The Bertz CT molecular complexity index is 569. The molecule has 2 aromatic rings. The highest BCUT2D eigenvalue weighted by Crippen LogP contribution is 2.25. The first-order chi connectivity index (χ1) is 8.68. The second-order valence-electron chi connectivity index (χ2n) is 3.82. The molecule has 6 heteroatoms. The molecule has 2 rings (SSSR count). The maximum absolute atomic E-state index is 10.5. The number of primary amides is 1.